The lowest BCUT2D eigenvalue weighted by Crippen LogP contribution is -2.15. The van der Waals surface area contributed by atoms with Crippen LogP contribution in [0.15, 0.2) is 42.5 Å². The van der Waals surface area contributed by atoms with Gasteiger partial charge in [0, 0.05) is 5.69 Å². The SMILES string of the molecule is Cc1ccc(NC(=O)c2nnn(-c3ccc(F)cc3)c2C)c(C)c1. The number of carbonyl (C=O) groups is 1. The second-order valence-electron chi connectivity index (χ2n) is 5.68. The van der Waals surface area contributed by atoms with Gasteiger partial charge < -0.3 is 5.32 Å². The van der Waals surface area contributed by atoms with Crippen LogP contribution in [0.3, 0.4) is 0 Å². The summed E-state index contributed by atoms with van der Waals surface area (Å²) in [7, 11) is 0. The number of benzene rings is 2. The first-order valence-electron chi connectivity index (χ1n) is 7.52. The Bertz CT molecular complexity index is 900. The lowest BCUT2D eigenvalue weighted by Gasteiger charge is -2.08. The molecule has 1 amide bonds. The highest BCUT2D eigenvalue weighted by molar-refractivity contribution is 6.04. The minimum Gasteiger partial charge on any atom is -0.320 e. The molecule has 0 atom stereocenters. The molecular formula is C18H17FN4O. The number of aromatic nitrogens is 3. The van der Waals surface area contributed by atoms with E-state index in [0.29, 0.717) is 11.4 Å². The summed E-state index contributed by atoms with van der Waals surface area (Å²) in [4.78, 5) is 12.5. The Morgan fingerprint density at radius 2 is 1.79 bits per heavy atom. The van der Waals surface area contributed by atoms with E-state index in [-0.39, 0.29) is 17.4 Å². The van der Waals surface area contributed by atoms with Gasteiger partial charge in [0.25, 0.3) is 5.91 Å². The molecule has 0 bridgehead atoms. The zero-order chi connectivity index (χ0) is 17.3. The van der Waals surface area contributed by atoms with Gasteiger partial charge >= 0.3 is 0 Å². The molecular weight excluding hydrogens is 307 g/mol. The fourth-order valence-electron chi connectivity index (χ4n) is 2.50. The van der Waals surface area contributed by atoms with Crippen LogP contribution in [0.1, 0.15) is 27.3 Å². The van der Waals surface area contributed by atoms with Crippen LogP contribution in [0, 0.1) is 26.6 Å². The molecule has 2 aromatic carbocycles. The summed E-state index contributed by atoms with van der Waals surface area (Å²) in [5, 5.41) is 10.8. The van der Waals surface area contributed by atoms with E-state index in [0.717, 1.165) is 16.8 Å². The number of nitrogens with zero attached hydrogens (tertiary/aromatic N) is 3. The van der Waals surface area contributed by atoms with Crippen molar-refractivity contribution >= 4 is 11.6 Å². The van der Waals surface area contributed by atoms with Crippen LogP contribution in [0.25, 0.3) is 5.69 Å². The molecule has 3 aromatic rings. The topological polar surface area (TPSA) is 59.8 Å². The van der Waals surface area contributed by atoms with Crippen LogP contribution in [0.4, 0.5) is 10.1 Å². The molecule has 1 aromatic heterocycles. The Balaban J connectivity index is 1.87. The monoisotopic (exact) mass is 324 g/mol. The first kappa shape index (κ1) is 15.9. The number of carbonyl (C=O) groups excluding carboxylic acids is 1. The Morgan fingerprint density at radius 1 is 1.08 bits per heavy atom. The summed E-state index contributed by atoms with van der Waals surface area (Å²) in [6, 6.07) is 11.6. The Kier molecular flexibility index (Phi) is 4.12. The van der Waals surface area contributed by atoms with E-state index >= 15 is 0 Å². The molecule has 0 unspecified atom stereocenters. The van der Waals surface area contributed by atoms with Crippen LogP contribution in [0.5, 0.6) is 0 Å². The number of hydrogen-bond donors (Lipinski definition) is 1. The standard InChI is InChI=1S/C18H17FN4O/c1-11-4-9-16(12(2)10-11)20-18(24)17-13(3)23(22-21-17)15-7-5-14(19)6-8-15/h4-10H,1-3H3,(H,20,24). The third-order valence-electron chi connectivity index (χ3n) is 3.81. The maximum absolute atomic E-state index is 13.0. The van der Waals surface area contributed by atoms with Crippen molar-refractivity contribution in [3.8, 4) is 5.69 Å². The Hall–Kier alpha value is -3.02. The van der Waals surface area contributed by atoms with Crippen molar-refractivity contribution in [3.05, 3.63) is 70.8 Å². The van der Waals surface area contributed by atoms with Crippen molar-refractivity contribution in [2.75, 3.05) is 5.32 Å². The highest BCUT2D eigenvalue weighted by Crippen LogP contribution is 2.18. The summed E-state index contributed by atoms with van der Waals surface area (Å²) in [6.07, 6.45) is 0. The first-order chi connectivity index (χ1) is 11.5. The molecule has 0 aliphatic carbocycles. The average Bonchev–Trinajstić information content (AvgIpc) is 2.92. The molecule has 0 aliphatic rings. The zero-order valence-corrected chi connectivity index (χ0v) is 13.7. The summed E-state index contributed by atoms with van der Waals surface area (Å²) in [6.45, 7) is 5.68. The summed E-state index contributed by atoms with van der Waals surface area (Å²) in [5.41, 5.74) is 4.31. The molecule has 0 saturated heterocycles. The third-order valence-corrected chi connectivity index (χ3v) is 3.81. The first-order valence-corrected chi connectivity index (χ1v) is 7.52. The zero-order valence-electron chi connectivity index (χ0n) is 13.7. The molecule has 5 nitrogen and oxygen atoms in total. The van der Waals surface area contributed by atoms with Crippen LogP contribution in [-0.2, 0) is 0 Å². The van der Waals surface area contributed by atoms with Crippen molar-refractivity contribution in [2.45, 2.75) is 20.8 Å². The van der Waals surface area contributed by atoms with Gasteiger partial charge in [-0.1, -0.05) is 22.9 Å². The number of rotatable bonds is 3. The number of aryl methyl sites for hydroxylation is 2. The highest BCUT2D eigenvalue weighted by Gasteiger charge is 2.18. The van der Waals surface area contributed by atoms with Crippen LogP contribution >= 0.6 is 0 Å². The molecule has 1 heterocycles. The number of hydrogen-bond acceptors (Lipinski definition) is 3. The van der Waals surface area contributed by atoms with Crippen molar-refractivity contribution in [3.63, 3.8) is 0 Å². The quantitative estimate of drug-likeness (QED) is 0.801. The molecule has 0 saturated carbocycles. The lowest BCUT2D eigenvalue weighted by molar-refractivity contribution is 0.102. The molecule has 6 heteroatoms. The maximum atomic E-state index is 13.0. The van der Waals surface area contributed by atoms with Crippen molar-refractivity contribution in [1.29, 1.82) is 0 Å². The van der Waals surface area contributed by atoms with Crippen molar-refractivity contribution in [1.82, 2.24) is 15.0 Å². The fraction of sp³-hybridized carbons (Fsp3) is 0.167. The largest absolute Gasteiger partial charge is 0.320 e. The van der Waals surface area contributed by atoms with Gasteiger partial charge in [0.1, 0.15) is 5.82 Å². The number of amides is 1. The van der Waals surface area contributed by atoms with Crippen LogP contribution in [-0.4, -0.2) is 20.9 Å². The number of anilines is 1. The third kappa shape index (κ3) is 3.03. The molecule has 0 spiro atoms. The van der Waals surface area contributed by atoms with Crippen molar-refractivity contribution in [2.24, 2.45) is 0 Å². The number of nitrogens with one attached hydrogen (secondary N) is 1. The van der Waals surface area contributed by atoms with E-state index in [9.17, 15) is 9.18 Å². The molecule has 122 valence electrons. The minimum absolute atomic E-state index is 0.235. The summed E-state index contributed by atoms with van der Waals surface area (Å²) >= 11 is 0. The van der Waals surface area contributed by atoms with Gasteiger partial charge in [-0.25, -0.2) is 9.07 Å². The van der Waals surface area contributed by atoms with Gasteiger partial charge in [0.2, 0.25) is 0 Å². The van der Waals surface area contributed by atoms with E-state index in [1.807, 2.05) is 32.0 Å². The van der Waals surface area contributed by atoms with Gasteiger partial charge in [-0.2, -0.15) is 0 Å². The van der Waals surface area contributed by atoms with Gasteiger partial charge in [-0.15, -0.1) is 5.10 Å². The fourth-order valence-corrected chi connectivity index (χ4v) is 2.50. The van der Waals surface area contributed by atoms with Gasteiger partial charge in [0.15, 0.2) is 5.69 Å². The normalized spacial score (nSPS) is 10.7. The number of halogens is 1. The predicted molar refractivity (Wildman–Crippen MR) is 89.9 cm³/mol. The second-order valence-corrected chi connectivity index (χ2v) is 5.68. The second kappa shape index (κ2) is 6.23. The predicted octanol–water partition coefficient (Wildman–Crippen LogP) is 3.58. The summed E-state index contributed by atoms with van der Waals surface area (Å²) < 4.78 is 14.5. The Morgan fingerprint density at radius 3 is 2.46 bits per heavy atom. The highest BCUT2D eigenvalue weighted by atomic mass is 19.1. The smallest absolute Gasteiger partial charge is 0.278 e. The molecule has 0 fully saturated rings. The molecule has 24 heavy (non-hydrogen) atoms. The molecule has 0 radical (unpaired) electrons. The van der Waals surface area contributed by atoms with Gasteiger partial charge in [-0.05, 0) is 56.7 Å². The summed E-state index contributed by atoms with van der Waals surface area (Å²) in [5.74, 6) is -0.655. The van der Waals surface area contributed by atoms with Crippen LogP contribution in [0.2, 0.25) is 0 Å². The molecule has 3 rings (SSSR count). The van der Waals surface area contributed by atoms with Crippen LogP contribution < -0.4 is 5.32 Å². The van der Waals surface area contributed by atoms with E-state index in [1.165, 1.54) is 16.8 Å². The van der Waals surface area contributed by atoms with E-state index < -0.39 is 0 Å². The van der Waals surface area contributed by atoms with Gasteiger partial charge in [-0.3, -0.25) is 4.79 Å². The minimum atomic E-state index is -0.329. The van der Waals surface area contributed by atoms with E-state index in [2.05, 4.69) is 15.6 Å². The van der Waals surface area contributed by atoms with E-state index in [4.69, 9.17) is 0 Å². The lowest BCUT2D eigenvalue weighted by atomic mass is 10.1. The van der Waals surface area contributed by atoms with E-state index in [1.54, 1.807) is 19.1 Å². The maximum Gasteiger partial charge on any atom is 0.278 e. The van der Waals surface area contributed by atoms with Gasteiger partial charge in [0.05, 0.1) is 11.4 Å². The van der Waals surface area contributed by atoms with Crippen molar-refractivity contribution < 1.29 is 9.18 Å². The molecule has 0 aliphatic heterocycles. The Labute approximate surface area is 139 Å². The molecule has 1 N–H and O–H groups in total. The average molecular weight is 324 g/mol.